The maximum Gasteiger partial charge on any atom is 0.573 e. The molecule has 2 aromatic heterocycles. The predicted octanol–water partition coefficient (Wildman–Crippen LogP) is 0.746. The molecule has 3 N–H and O–H groups in total. The lowest BCUT2D eigenvalue weighted by molar-refractivity contribution is -0.281. The molecule has 0 amide bonds. The van der Waals surface area contributed by atoms with Gasteiger partial charge < -0.3 is 33.5 Å². The van der Waals surface area contributed by atoms with Gasteiger partial charge in [0.05, 0.1) is 12.7 Å². The van der Waals surface area contributed by atoms with Gasteiger partial charge in [0, 0.05) is 39.1 Å². The second-order valence-corrected chi connectivity index (χ2v) is 11.7. The highest BCUT2D eigenvalue weighted by molar-refractivity contribution is 5.66. The van der Waals surface area contributed by atoms with Gasteiger partial charge in [-0.3, -0.25) is 38.3 Å². The summed E-state index contributed by atoms with van der Waals surface area (Å²) in [5.41, 5.74) is -3.41. The summed E-state index contributed by atoms with van der Waals surface area (Å²) in [7, 11) is 0. The first kappa shape index (κ1) is 46.2. The molecule has 2 aliphatic heterocycles. The fourth-order valence-electron chi connectivity index (χ4n) is 5.15. The lowest BCUT2D eigenvalue weighted by atomic mass is 10.1. The molecule has 2 aliphatic rings. The molecule has 19 nitrogen and oxygen atoms in total. The molecule has 0 unspecified atom stereocenters. The molecule has 0 aromatic carbocycles. The first-order chi connectivity index (χ1) is 27.2. The number of nitrogens with one attached hydrogen (secondary N) is 2. The molecule has 0 radical (unpaired) electrons. The van der Waals surface area contributed by atoms with Crippen molar-refractivity contribution in [1.82, 2.24) is 19.1 Å². The van der Waals surface area contributed by atoms with Gasteiger partial charge in [-0.25, -0.2) is 19.6 Å². The average molecular weight is 837 g/mol. The molecular formula is C33H34F6N6O13. The number of rotatable bonds is 10. The third-order valence-electron chi connectivity index (χ3n) is 7.44. The Morgan fingerprint density at radius 1 is 0.793 bits per heavy atom. The van der Waals surface area contributed by atoms with Gasteiger partial charge in [-0.15, -0.1) is 26.3 Å². The van der Waals surface area contributed by atoms with E-state index in [-0.39, 0.29) is 43.3 Å². The van der Waals surface area contributed by atoms with Crippen molar-refractivity contribution < 1.29 is 69.5 Å². The number of nitrogens with zero attached hydrogens (tertiary/aromatic N) is 4. The van der Waals surface area contributed by atoms with Gasteiger partial charge in [0.15, 0.2) is 12.8 Å². The van der Waals surface area contributed by atoms with Crippen LogP contribution in [-0.4, -0.2) is 106 Å². The van der Waals surface area contributed by atoms with Crippen molar-refractivity contribution in [2.75, 3.05) is 19.7 Å². The summed E-state index contributed by atoms with van der Waals surface area (Å²) in [6, 6.07) is 0. The van der Waals surface area contributed by atoms with Gasteiger partial charge >= 0.3 is 36.0 Å². The molecule has 4 rings (SSSR count). The van der Waals surface area contributed by atoms with Gasteiger partial charge in [-0.05, 0) is 6.42 Å². The normalized spacial score (nSPS) is 21.6. The number of carbonyl (C=O) groups excluding carboxylic acids is 2. The Kier molecular flexibility index (Phi) is 16.6. The van der Waals surface area contributed by atoms with E-state index in [0.717, 1.165) is 15.3 Å². The molecule has 0 aliphatic carbocycles. The Hall–Kier alpha value is -6.18. The summed E-state index contributed by atoms with van der Waals surface area (Å²) in [4.78, 5) is 81.0. The van der Waals surface area contributed by atoms with Gasteiger partial charge in [0.1, 0.15) is 55.0 Å². The van der Waals surface area contributed by atoms with Crippen molar-refractivity contribution in [2.45, 2.75) is 89.6 Å². The number of esters is 2. The fourth-order valence-corrected chi connectivity index (χ4v) is 5.15. The van der Waals surface area contributed by atoms with Crippen molar-refractivity contribution in [2.24, 2.45) is 9.98 Å². The van der Waals surface area contributed by atoms with E-state index in [1.807, 2.05) is 11.9 Å². The van der Waals surface area contributed by atoms with Crippen LogP contribution in [0.25, 0.3) is 0 Å². The topological polar surface area (TPSA) is 244 Å². The number of carbonyl (C=O) groups is 2. The maximum absolute atomic E-state index is 12.1. The summed E-state index contributed by atoms with van der Waals surface area (Å²) in [6.07, 6.45) is -10.6. The lowest BCUT2D eigenvalue weighted by Gasteiger charge is -2.16. The van der Waals surface area contributed by atoms with Crippen LogP contribution in [-0.2, 0) is 38.0 Å². The molecule has 6 atom stereocenters. The molecule has 0 bridgehead atoms. The van der Waals surface area contributed by atoms with Gasteiger partial charge in [0.25, 0.3) is 11.1 Å². The van der Waals surface area contributed by atoms with Gasteiger partial charge in [0.2, 0.25) is 0 Å². The van der Waals surface area contributed by atoms with Crippen LogP contribution in [0.4, 0.5) is 26.3 Å². The highest BCUT2D eigenvalue weighted by atomic mass is 19.4. The fraction of sp³-hybridized carbons (Fsp3) is 0.515. The van der Waals surface area contributed by atoms with Crippen LogP contribution in [0.2, 0.25) is 0 Å². The third-order valence-corrected chi connectivity index (χ3v) is 7.44. The number of hydrogen-bond donors (Lipinski definition) is 3. The Labute approximate surface area is 321 Å². The van der Waals surface area contributed by atoms with E-state index in [2.05, 4.69) is 48.1 Å². The number of aromatic nitrogens is 4. The molecule has 58 heavy (non-hydrogen) atoms. The SMILES string of the molecule is CC(=O)O[C@@H]1C[C@H](n2cc(C#CCN=COC(F)(F)F)c(=O)[nH]c2=O)O[C@@H]1CO.CC[C@H]1O[C@@H](n2cc(C#CCN=COC(F)(F)F)c(=O)[nH]c2=O)C[C@H]1OC(C)=O. The summed E-state index contributed by atoms with van der Waals surface area (Å²) in [5, 5.41) is 9.34. The molecule has 4 heterocycles. The Morgan fingerprint density at radius 3 is 1.55 bits per heavy atom. The average Bonchev–Trinajstić information content (AvgIpc) is 3.71. The van der Waals surface area contributed by atoms with E-state index in [4.69, 9.17) is 18.9 Å². The van der Waals surface area contributed by atoms with Crippen LogP contribution in [0.15, 0.2) is 41.6 Å². The van der Waals surface area contributed by atoms with Crippen molar-refractivity contribution >= 4 is 24.7 Å². The first-order valence-corrected chi connectivity index (χ1v) is 16.6. The minimum absolute atomic E-state index is 0.0443. The van der Waals surface area contributed by atoms with E-state index < -0.39 is 97.2 Å². The third kappa shape index (κ3) is 14.7. The second kappa shape index (κ2) is 20.8. The smallest absolute Gasteiger partial charge is 0.460 e. The molecule has 0 spiro atoms. The van der Waals surface area contributed by atoms with E-state index in [1.54, 1.807) is 0 Å². The van der Waals surface area contributed by atoms with E-state index >= 15 is 0 Å². The van der Waals surface area contributed by atoms with Crippen molar-refractivity contribution in [1.29, 1.82) is 0 Å². The van der Waals surface area contributed by atoms with E-state index in [0.29, 0.717) is 6.42 Å². The summed E-state index contributed by atoms with van der Waals surface area (Å²) >= 11 is 0. The molecule has 316 valence electrons. The minimum atomic E-state index is -4.86. The number of alkyl halides is 6. The van der Waals surface area contributed by atoms with Crippen LogP contribution in [0.1, 0.15) is 63.6 Å². The molecule has 25 heteroatoms. The zero-order valence-corrected chi connectivity index (χ0v) is 30.4. The number of aliphatic imine (C=N–C) groups is 2. The number of ether oxygens (including phenoxy) is 6. The standard InChI is InChI=1S/C17H18F3N3O6.C16H16F3N3O7/c1-3-12-13(28-10(2)24)7-14(29-12)23-8-11(15(25)22-16(23)26)5-4-6-21-9-27-17(18,19)20;1-9(24)28-11-5-13(29-12(11)7-23)22-6-10(14(25)21-15(22)26)3-2-4-20-8-27-16(17,18)19/h8-9,12-14H,3,6-7H2,1-2H3,(H,22,25,26);6,8,11-13,23H,4-5,7H2,1H3,(H,21,25,26)/t12-,13-,14-;11-,12-,13-/m11/s1. The van der Waals surface area contributed by atoms with Crippen LogP contribution < -0.4 is 22.5 Å². The highest BCUT2D eigenvalue weighted by Gasteiger charge is 2.39. The number of H-pyrrole nitrogens is 2. The molecule has 2 fully saturated rings. The van der Waals surface area contributed by atoms with Crippen molar-refractivity contribution in [3.05, 3.63) is 65.2 Å². The van der Waals surface area contributed by atoms with Crippen LogP contribution in [0.3, 0.4) is 0 Å². The first-order valence-electron chi connectivity index (χ1n) is 16.6. The largest absolute Gasteiger partial charge is 0.573 e. The molecule has 2 saturated heterocycles. The number of aliphatic hydroxyl groups is 1. The molecule has 0 saturated carbocycles. The zero-order chi connectivity index (χ0) is 43.2. The Morgan fingerprint density at radius 2 is 1.19 bits per heavy atom. The quantitative estimate of drug-likeness (QED) is 0.0985. The zero-order valence-electron chi connectivity index (χ0n) is 30.4. The summed E-state index contributed by atoms with van der Waals surface area (Å²) < 4.78 is 101. The van der Waals surface area contributed by atoms with Crippen molar-refractivity contribution in [3.63, 3.8) is 0 Å². The van der Waals surface area contributed by atoms with E-state index in [9.17, 15) is 60.2 Å². The predicted molar refractivity (Wildman–Crippen MR) is 183 cm³/mol. The molecular weight excluding hydrogens is 802 g/mol. The minimum Gasteiger partial charge on any atom is -0.460 e. The number of hydrogen-bond acceptors (Lipinski definition) is 15. The number of aromatic amines is 2. The Balaban J connectivity index is 0.000000310. The molecule has 2 aromatic rings. The van der Waals surface area contributed by atoms with Crippen LogP contribution in [0, 0.1) is 23.7 Å². The monoisotopic (exact) mass is 836 g/mol. The van der Waals surface area contributed by atoms with Crippen molar-refractivity contribution in [3.8, 4) is 23.7 Å². The number of halogens is 6. The van der Waals surface area contributed by atoms with E-state index in [1.165, 1.54) is 20.0 Å². The number of aliphatic hydroxyl groups excluding tert-OH is 1. The van der Waals surface area contributed by atoms with Crippen LogP contribution >= 0.6 is 0 Å². The summed E-state index contributed by atoms with van der Waals surface area (Å²) in [6.45, 7) is 3.07. The second-order valence-electron chi connectivity index (χ2n) is 11.7. The lowest BCUT2D eigenvalue weighted by Crippen LogP contribution is -2.33. The van der Waals surface area contributed by atoms with Gasteiger partial charge in [-0.1, -0.05) is 30.6 Å². The Bertz CT molecular complexity index is 2040. The summed E-state index contributed by atoms with van der Waals surface area (Å²) in [5.74, 6) is 8.45. The van der Waals surface area contributed by atoms with Gasteiger partial charge in [-0.2, -0.15) is 0 Å². The van der Waals surface area contributed by atoms with Crippen LogP contribution in [0.5, 0.6) is 0 Å². The maximum atomic E-state index is 12.1. The highest BCUT2D eigenvalue weighted by Crippen LogP contribution is 2.32.